The van der Waals surface area contributed by atoms with Gasteiger partial charge in [0.2, 0.25) is 0 Å². The first-order valence-electron chi connectivity index (χ1n) is 11.7. The molecule has 1 saturated heterocycles. The first kappa shape index (κ1) is 26.1. The van der Waals surface area contributed by atoms with E-state index < -0.39 is 16.0 Å². The van der Waals surface area contributed by atoms with Gasteiger partial charge in [0.25, 0.3) is 10.0 Å². The summed E-state index contributed by atoms with van der Waals surface area (Å²) >= 11 is 1.48. The van der Waals surface area contributed by atoms with Gasteiger partial charge in [-0.2, -0.15) is 0 Å². The lowest BCUT2D eigenvalue weighted by atomic mass is 9.93. The van der Waals surface area contributed by atoms with Gasteiger partial charge >= 0.3 is 5.97 Å². The first-order valence-corrected chi connectivity index (χ1v) is 14.0. The van der Waals surface area contributed by atoms with E-state index in [1.807, 2.05) is 6.92 Å². The molecule has 9 nitrogen and oxygen atoms in total. The second-order valence-electron chi connectivity index (χ2n) is 9.06. The number of carboxylic acids is 1. The second-order valence-corrected chi connectivity index (χ2v) is 11.7. The number of aromatic nitrogens is 2. The van der Waals surface area contributed by atoms with E-state index in [1.54, 1.807) is 26.1 Å². The minimum absolute atomic E-state index is 0.0552. The van der Waals surface area contributed by atoms with E-state index in [2.05, 4.69) is 26.9 Å². The van der Waals surface area contributed by atoms with E-state index in [4.69, 9.17) is 9.84 Å². The smallest absolute Gasteiger partial charge is 0.335 e. The number of pyridine rings is 1. The summed E-state index contributed by atoms with van der Waals surface area (Å²) in [5, 5.41) is 13.5. The van der Waals surface area contributed by atoms with Crippen LogP contribution < -0.4 is 10.0 Å². The summed E-state index contributed by atoms with van der Waals surface area (Å²) in [7, 11) is -3.97. The molecule has 4 rings (SSSR count). The lowest BCUT2D eigenvalue weighted by Crippen LogP contribution is -2.30. The summed E-state index contributed by atoms with van der Waals surface area (Å²) in [6.07, 6.45) is 3.69. The van der Waals surface area contributed by atoms with Gasteiger partial charge in [-0.05, 0) is 76.3 Å². The van der Waals surface area contributed by atoms with Crippen molar-refractivity contribution in [3.63, 3.8) is 0 Å². The van der Waals surface area contributed by atoms with E-state index in [-0.39, 0.29) is 16.5 Å². The van der Waals surface area contributed by atoms with Crippen molar-refractivity contribution >= 4 is 38.1 Å². The SMILES string of the molecule is Cc1cc(C(=O)O)ccc1NS(=O)(=O)c1cc(-c2sc(NC(C)C3CCOCC3)nc2C)cnc1C. The van der Waals surface area contributed by atoms with Crippen LogP contribution in [0.5, 0.6) is 0 Å². The molecule has 36 heavy (non-hydrogen) atoms. The number of carbonyl (C=O) groups is 1. The third kappa shape index (κ3) is 5.69. The Labute approximate surface area is 215 Å². The summed E-state index contributed by atoms with van der Waals surface area (Å²) in [6.45, 7) is 8.91. The van der Waals surface area contributed by atoms with Crippen LogP contribution in [0.4, 0.5) is 10.8 Å². The molecule has 1 atom stereocenters. The molecule has 0 saturated carbocycles. The fourth-order valence-electron chi connectivity index (χ4n) is 4.27. The van der Waals surface area contributed by atoms with Gasteiger partial charge in [-0.1, -0.05) is 11.3 Å². The largest absolute Gasteiger partial charge is 0.478 e. The normalized spacial score (nSPS) is 15.4. The molecule has 0 bridgehead atoms. The van der Waals surface area contributed by atoms with E-state index >= 15 is 0 Å². The number of nitrogens with one attached hydrogen (secondary N) is 2. The third-order valence-corrected chi connectivity index (χ3v) is 9.05. The molecule has 1 aromatic carbocycles. The standard InChI is InChI=1S/C25H30N4O5S2/c1-14-11-19(24(30)31)5-6-21(14)29-36(32,33)22-12-20(13-26-16(22)3)23-17(4)28-25(35-23)27-15(2)18-7-9-34-10-8-18/h5-6,11-13,15,18,29H,7-10H2,1-4H3,(H,27,28)(H,30,31). The first-order chi connectivity index (χ1) is 17.0. The van der Waals surface area contributed by atoms with Gasteiger partial charge < -0.3 is 15.2 Å². The van der Waals surface area contributed by atoms with Crippen LogP contribution in [0.25, 0.3) is 10.4 Å². The maximum Gasteiger partial charge on any atom is 0.335 e. The Hall–Kier alpha value is -3.02. The summed E-state index contributed by atoms with van der Waals surface area (Å²) in [4.78, 5) is 21.1. The molecule has 3 N–H and O–H groups in total. The Balaban J connectivity index is 1.58. The van der Waals surface area contributed by atoms with E-state index in [0.717, 1.165) is 41.8 Å². The van der Waals surface area contributed by atoms with Gasteiger partial charge in [-0.25, -0.2) is 18.2 Å². The molecule has 1 aliphatic rings. The predicted octanol–water partition coefficient (Wildman–Crippen LogP) is 4.86. The number of hydrogen-bond acceptors (Lipinski definition) is 8. The fraction of sp³-hybridized carbons (Fsp3) is 0.400. The van der Waals surface area contributed by atoms with Crippen LogP contribution in [-0.4, -0.2) is 48.7 Å². The highest BCUT2D eigenvalue weighted by Crippen LogP contribution is 2.35. The molecule has 0 aliphatic carbocycles. The number of sulfonamides is 1. The Kier molecular flexibility index (Phi) is 7.62. The van der Waals surface area contributed by atoms with Crippen LogP contribution in [0, 0.1) is 26.7 Å². The van der Waals surface area contributed by atoms with Gasteiger partial charge in [0, 0.05) is 31.0 Å². The van der Waals surface area contributed by atoms with Crippen LogP contribution in [0.2, 0.25) is 0 Å². The number of thiazole rings is 1. The van der Waals surface area contributed by atoms with Crippen molar-refractivity contribution in [1.82, 2.24) is 9.97 Å². The molecular weight excluding hydrogens is 500 g/mol. The van der Waals surface area contributed by atoms with Crippen molar-refractivity contribution in [3.05, 3.63) is 53.0 Å². The van der Waals surface area contributed by atoms with Crippen molar-refractivity contribution in [2.45, 2.75) is 51.5 Å². The van der Waals surface area contributed by atoms with E-state index in [1.165, 1.54) is 29.5 Å². The summed E-state index contributed by atoms with van der Waals surface area (Å²) in [5.74, 6) is -0.556. The van der Waals surface area contributed by atoms with E-state index in [0.29, 0.717) is 28.4 Å². The molecule has 0 amide bonds. The Morgan fingerprint density at radius 2 is 1.89 bits per heavy atom. The van der Waals surface area contributed by atoms with Crippen LogP contribution in [-0.2, 0) is 14.8 Å². The van der Waals surface area contributed by atoms with Gasteiger partial charge in [0.05, 0.1) is 27.5 Å². The number of aromatic carboxylic acids is 1. The van der Waals surface area contributed by atoms with Crippen LogP contribution in [0.15, 0.2) is 35.4 Å². The third-order valence-electron chi connectivity index (χ3n) is 6.43. The lowest BCUT2D eigenvalue weighted by Gasteiger charge is -2.28. The van der Waals surface area contributed by atoms with Gasteiger partial charge in [-0.3, -0.25) is 9.71 Å². The molecule has 1 aliphatic heterocycles. The molecule has 0 spiro atoms. The minimum atomic E-state index is -3.97. The number of rotatable bonds is 8. The number of benzene rings is 1. The minimum Gasteiger partial charge on any atom is -0.478 e. The highest BCUT2D eigenvalue weighted by molar-refractivity contribution is 7.92. The number of anilines is 2. The van der Waals surface area contributed by atoms with Crippen LogP contribution >= 0.6 is 11.3 Å². The Bertz CT molecular complexity index is 1380. The van der Waals surface area contributed by atoms with Crippen LogP contribution in [0.1, 0.15) is 47.1 Å². The van der Waals surface area contributed by atoms with Crippen molar-refractivity contribution < 1.29 is 23.1 Å². The zero-order valence-corrected chi connectivity index (χ0v) is 22.3. The zero-order valence-electron chi connectivity index (χ0n) is 20.7. The van der Waals surface area contributed by atoms with Crippen LogP contribution in [0.3, 0.4) is 0 Å². The highest BCUT2D eigenvalue weighted by Gasteiger charge is 2.24. The molecular formula is C25H30N4O5S2. The zero-order chi connectivity index (χ0) is 26.0. The maximum absolute atomic E-state index is 13.3. The highest BCUT2D eigenvalue weighted by atomic mass is 32.2. The summed E-state index contributed by atoms with van der Waals surface area (Å²) < 4.78 is 34.6. The molecule has 1 unspecified atom stereocenters. The van der Waals surface area contributed by atoms with Crippen molar-refractivity contribution in [2.24, 2.45) is 5.92 Å². The quantitative estimate of drug-likeness (QED) is 0.377. The fourth-order valence-corrected chi connectivity index (χ4v) is 6.67. The molecule has 192 valence electrons. The molecule has 11 heteroatoms. The van der Waals surface area contributed by atoms with Crippen molar-refractivity contribution in [1.29, 1.82) is 0 Å². The summed E-state index contributed by atoms with van der Waals surface area (Å²) in [6, 6.07) is 6.11. The Morgan fingerprint density at radius 1 is 1.17 bits per heavy atom. The van der Waals surface area contributed by atoms with Gasteiger partial charge in [0.1, 0.15) is 4.90 Å². The lowest BCUT2D eigenvalue weighted by molar-refractivity contribution is 0.0622. The second kappa shape index (κ2) is 10.5. The molecule has 3 heterocycles. The molecule has 0 radical (unpaired) electrons. The number of nitrogens with zero attached hydrogens (tertiary/aromatic N) is 2. The molecule has 1 fully saturated rings. The monoisotopic (exact) mass is 530 g/mol. The molecule has 2 aromatic heterocycles. The maximum atomic E-state index is 13.3. The average molecular weight is 531 g/mol. The average Bonchev–Trinajstić information content (AvgIpc) is 3.20. The van der Waals surface area contributed by atoms with E-state index in [9.17, 15) is 13.2 Å². The summed E-state index contributed by atoms with van der Waals surface area (Å²) in [5.41, 5.74) is 2.73. The van der Waals surface area contributed by atoms with Gasteiger partial charge in [-0.15, -0.1) is 0 Å². The van der Waals surface area contributed by atoms with Crippen molar-refractivity contribution in [2.75, 3.05) is 23.3 Å². The number of hydrogen-bond donors (Lipinski definition) is 3. The topological polar surface area (TPSA) is 131 Å². The molecule has 3 aromatic rings. The predicted molar refractivity (Wildman–Crippen MR) is 140 cm³/mol. The number of ether oxygens (including phenoxy) is 1. The van der Waals surface area contributed by atoms with Gasteiger partial charge in [0.15, 0.2) is 5.13 Å². The van der Waals surface area contributed by atoms with Crippen molar-refractivity contribution in [3.8, 4) is 10.4 Å². The number of carboxylic acid groups (broad SMARTS) is 1. The number of aryl methyl sites for hydroxylation is 3. The Morgan fingerprint density at radius 3 is 2.56 bits per heavy atom.